The monoisotopic (exact) mass is 335 g/mol. The molecule has 0 unspecified atom stereocenters. The molecule has 0 atom stereocenters. The van der Waals surface area contributed by atoms with Gasteiger partial charge in [-0.3, -0.25) is 4.79 Å². The fourth-order valence-corrected chi connectivity index (χ4v) is 2.39. The van der Waals surface area contributed by atoms with E-state index in [2.05, 4.69) is 29.4 Å². The molecule has 1 aromatic heterocycles. The minimum Gasteiger partial charge on any atom is -0.493 e. The second-order valence-corrected chi connectivity index (χ2v) is 6.22. The van der Waals surface area contributed by atoms with Crippen LogP contribution in [0, 0.1) is 5.92 Å². The first-order valence-electron chi connectivity index (χ1n) is 8.26. The third-order valence-corrected chi connectivity index (χ3v) is 3.69. The third-order valence-electron chi connectivity index (χ3n) is 3.69. The molecule has 1 amide bonds. The first-order valence-corrected chi connectivity index (χ1v) is 8.26. The average Bonchev–Trinajstić information content (AvgIpc) is 3.03. The summed E-state index contributed by atoms with van der Waals surface area (Å²) in [7, 11) is 0. The fraction of sp³-hybridized carbons (Fsp3) is 0.200. The number of para-hydroxylation sites is 1. The van der Waals surface area contributed by atoms with Gasteiger partial charge in [0, 0.05) is 28.2 Å². The summed E-state index contributed by atoms with van der Waals surface area (Å²) in [4.78, 5) is 15.3. The van der Waals surface area contributed by atoms with Crippen molar-refractivity contribution >= 4 is 23.0 Å². The summed E-state index contributed by atoms with van der Waals surface area (Å²) in [6, 6.07) is 15.0. The van der Waals surface area contributed by atoms with Gasteiger partial charge in [0.2, 0.25) is 0 Å². The van der Waals surface area contributed by atoms with Gasteiger partial charge in [0.15, 0.2) is 0 Å². The quantitative estimate of drug-likeness (QED) is 0.529. The second kappa shape index (κ2) is 7.66. The van der Waals surface area contributed by atoms with Crippen LogP contribution in [-0.4, -0.2) is 23.7 Å². The zero-order valence-corrected chi connectivity index (χ0v) is 14.3. The summed E-state index contributed by atoms with van der Waals surface area (Å²) in [6.07, 6.45) is 3.50. The van der Waals surface area contributed by atoms with E-state index in [1.54, 1.807) is 30.5 Å². The van der Waals surface area contributed by atoms with Gasteiger partial charge in [-0.15, -0.1) is 0 Å². The maximum absolute atomic E-state index is 12.1. The van der Waals surface area contributed by atoms with Crippen molar-refractivity contribution in [3.63, 3.8) is 0 Å². The third kappa shape index (κ3) is 4.26. The van der Waals surface area contributed by atoms with Crippen molar-refractivity contribution in [2.45, 2.75) is 13.8 Å². The van der Waals surface area contributed by atoms with Gasteiger partial charge >= 0.3 is 0 Å². The number of aromatic nitrogens is 1. The minimum atomic E-state index is -0.258. The molecule has 0 aliphatic carbocycles. The number of rotatable bonds is 6. The molecule has 5 nitrogen and oxygen atoms in total. The molecule has 25 heavy (non-hydrogen) atoms. The lowest BCUT2D eigenvalue weighted by Gasteiger charge is -2.08. The minimum absolute atomic E-state index is 0.258. The first kappa shape index (κ1) is 16.8. The molecule has 0 spiro atoms. The van der Waals surface area contributed by atoms with E-state index >= 15 is 0 Å². The van der Waals surface area contributed by atoms with E-state index in [1.807, 2.05) is 30.5 Å². The van der Waals surface area contributed by atoms with E-state index < -0.39 is 0 Å². The maximum Gasteiger partial charge on any atom is 0.271 e. The fourth-order valence-electron chi connectivity index (χ4n) is 2.39. The number of ether oxygens (including phenoxy) is 1. The van der Waals surface area contributed by atoms with Crippen molar-refractivity contribution < 1.29 is 9.53 Å². The number of benzene rings is 2. The van der Waals surface area contributed by atoms with Crippen molar-refractivity contribution in [3.8, 4) is 5.75 Å². The molecule has 5 heteroatoms. The topological polar surface area (TPSA) is 66.5 Å². The molecule has 0 bridgehead atoms. The molecular weight excluding hydrogens is 314 g/mol. The molecule has 2 N–H and O–H groups in total. The highest BCUT2D eigenvalue weighted by Crippen LogP contribution is 2.16. The standard InChI is InChI=1S/C20H21N3O2/c1-14(2)13-25-17-9-7-15(8-10-17)20(24)23-22-12-16-11-21-19-6-4-3-5-18(16)19/h3-12,14,21H,13H2,1-2H3,(H,23,24). The van der Waals surface area contributed by atoms with Crippen LogP contribution in [0.4, 0.5) is 0 Å². The summed E-state index contributed by atoms with van der Waals surface area (Å²) in [5.74, 6) is 0.959. The Bertz CT molecular complexity index is 879. The Labute approximate surface area is 146 Å². The number of hydrogen-bond acceptors (Lipinski definition) is 3. The number of carbonyl (C=O) groups is 1. The van der Waals surface area contributed by atoms with Crippen molar-refractivity contribution in [1.29, 1.82) is 0 Å². The summed E-state index contributed by atoms with van der Waals surface area (Å²) in [5, 5.41) is 5.11. The van der Waals surface area contributed by atoms with E-state index in [0.29, 0.717) is 18.1 Å². The smallest absolute Gasteiger partial charge is 0.271 e. The van der Waals surface area contributed by atoms with Crippen molar-refractivity contribution in [2.75, 3.05) is 6.61 Å². The van der Waals surface area contributed by atoms with E-state index in [1.165, 1.54) is 0 Å². The second-order valence-electron chi connectivity index (χ2n) is 6.22. The van der Waals surface area contributed by atoms with Crippen molar-refractivity contribution in [3.05, 3.63) is 65.9 Å². The number of hydrazone groups is 1. The molecule has 2 aromatic carbocycles. The van der Waals surface area contributed by atoms with Gasteiger partial charge in [-0.1, -0.05) is 32.0 Å². The molecule has 1 heterocycles. The van der Waals surface area contributed by atoms with Crippen LogP contribution in [0.15, 0.2) is 59.8 Å². The van der Waals surface area contributed by atoms with E-state index in [4.69, 9.17) is 4.74 Å². The van der Waals surface area contributed by atoms with Crippen LogP contribution in [-0.2, 0) is 0 Å². The molecule has 0 radical (unpaired) electrons. The molecule has 0 saturated heterocycles. The van der Waals surface area contributed by atoms with Crippen LogP contribution in [0.2, 0.25) is 0 Å². The van der Waals surface area contributed by atoms with Gasteiger partial charge in [0.25, 0.3) is 5.91 Å². The lowest BCUT2D eigenvalue weighted by molar-refractivity contribution is 0.0955. The van der Waals surface area contributed by atoms with Crippen LogP contribution >= 0.6 is 0 Å². The number of H-pyrrole nitrogens is 1. The highest BCUT2D eigenvalue weighted by molar-refractivity contribution is 6.00. The zero-order valence-electron chi connectivity index (χ0n) is 14.3. The maximum atomic E-state index is 12.1. The number of carbonyl (C=O) groups excluding carboxylic acids is 1. The predicted molar refractivity (Wildman–Crippen MR) is 100 cm³/mol. The highest BCUT2D eigenvalue weighted by Gasteiger charge is 2.05. The Morgan fingerprint density at radius 2 is 1.96 bits per heavy atom. The van der Waals surface area contributed by atoms with E-state index in [-0.39, 0.29) is 5.91 Å². The Morgan fingerprint density at radius 3 is 2.72 bits per heavy atom. The largest absolute Gasteiger partial charge is 0.493 e. The lowest BCUT2D eigenvalue weighted by Crippen LogP contribution is -2.17. The Hall–Kier alpha value is -3.08. The number of fused-ring (bicyclic) bond motifs is 1. The molecule has 0 saturated carbocycles. The summed E-state index contributed by atoms with van der Waals surface area (Å²) in [6.45, 7) is 4.83. The van der Waals surface area contributed by atoms with Gasteiger partial charge in [0.1, 0.15) is 5.75 Å². The highest BCUT2D eigenvalue weighted by atomic mass is 16.5. The summed E-state index contributed by atoms with van der Waals surface area (Å²) < 4.78 is 5.61. The van der Waals surface area contributed by atoms with Crippen LogP contribution in [0.25, 0.3) is 10.9 Å². The molecule has 0 aliphatic rings. The summed E-state index contributed by atoms with van der Waals surface area (Å²) in [5.41, 5.74) is 5.04. The average molecular weight is 335 g/mol. The number of hydrogen-bond donors (Lipinski definition) is 2. The number of amides is 1. The first-order chi connectivity index (χ1) is 12.1. The van der Waals surface area contributed by atoms with Crippen molar-refractivity contribution in [2.24, 2.45) is 11.0 Å². The van der Waals surface area contributed by atoms with Crippen LogP contribution in [0.5, 0.6) is 5.75 Å². The van der Waals surface area contributed by atoms with E-state index in [0.717, 1.165) is 22.2 Å². The Kier molecular flexibility index (Phi) is 5.14. The van der Waals surface area contributed by atoms with Gasteiger partial charge in [0.05, 0.1) is 12.8 Å². The molecular formula is C20H21N3O2. The molecule has 3 aromatic rings. The number of nitrogens with one attached hydrogen (secondary N) is 2. The molecule has 0 fully saturated rings. The number of aromatic amines is 1. The summed E-state index contributed by atoms with van der Waals surface area (Å²) >= 11 is 0. The zero-order chi connectivity index (χ0) is 17.6. The van der Waals surface area contributed by atoms with Gasteiger partial charge in [-0.05, 0) is 36.2 Å². The number of nitrogens with zero attached hydrogens (tertiary/aromatic N) is 1. The van der Waals surface area contributed by atoms with Crippen LogP contribution < -0.4 is 10.2 Å². The van der Waals surface area contributed by atoms with Gasteiger partial charge < -0.3 is 9.72 Å². The lowest BCUT2D eigenvalue weighted by atomic mass is 10.2. The van der Waals surface area contributed by atoms with Gasteiger partial charge in [-0.25, -0.2) is 5.43 Å². The SMILES string of the molecule is CC(C)COc1ccc(C(=O)NN=Cc2c[nH]c3ccccc23)cc1. The van der Waals surface area contributed by atoms with Gasteiger partial charge in [-0.2, -0.15) is 5.10 Å². The Morgan fingerprint density at radius 1 is 1.20 bits per heavy atom. The van der Waals surface area contributed by atoms with E-state index in [9.17, 15) is 4.79 Å². The van der Waals surface area contributed by atoms with Crippen LogP contribution in [0.1, 0.15) is 29.8 Å². The molecule has 0 aliphatic heterocycles. The molecule has 128 valence electrons. The van der Waals surface area contributed by atoms with Crippen molar-refractivity contribution in [1.82, 2.24) is 10.4 Å². The predicted octanol–water partition coefficient (Wildman–Crippen LogP) is 3.97. The Balaban J connectivity index is 1.60. The normalized spacial score (nSPS) is 11.3. The molecule has 3 rings (SSSR count). The van der Waals surface area contributed by atoms with Crippen LogP contribution in [0.3, 0.4) is 0 Å².